The summed E-state index contributed by atoms with van der Waals surface area (Å²) in [5.74, 6) is 0.322. The second-order valence-corrected chi connectivity index (χ2v) is 8.76. The summed E-state index contributed by atoms with van der Waals surface area (Å²) in [6.07, 6.45) is 0.0281. The number of ether oxygens (including phenoxy) is 1. The molecule has 2 aromatic carbocycles. The van der Waals surface area contributed by atoms with E-state index in [0.717, 1.165) is 22.6 Å². The number of hydrogen-bond donors (Lipinski definition) is 2. The Morgan fingerprint density at radius 1 is 1.06 bits per heavy atom. The monoisotopic (exact) mass is 442 g/mol. The quantitative estimate of drug-likeness (QED) is 0.530. The number of nitrogens with one attached hydrogen (secondary N) is 2. The van der Waals surface area contributed by atoms with Gasteiger partial charge in [0.05, 0.1) is 23.4 Å². The molecule has 1 aromatic heterocycles. The molecule has 1 amide bonds. The van der Waals surface area contributed by atoms with Crippen molar-refractivity contribution in [2.45, 2.75) is 31.7 Å². The van der Waals surface area contributed by atoms with E-state index in [9.17, 15) is 13.2 Å². The van der Waals surface area contributed by atoms with Crippen LogP contribution in [0.4, 0.5) is 0 Å². The van der Waals surface area contributed by atoms with Crippen LogP contribution in [0.1, 0.15) is 23.4 Å². The van der Waals surface area contributed by atoms with Gasteiger partial charge in [0.15, 0.2) is 0 Å². The first-order valence-electron chi connectivity index (χ1n) is 9.83. The van der Waals surface area contributed by atoms with Gasteiger partial charge in [-0.25, -0.2) is 17.8 Å². The summed E-state index contributed by atoms with van der Waals surface area (Å²) in [6, 6.07) is 15.8. The number of aromatic nitrogens is 2. The van der Waals surface area contributed by atoms with Crippen molar-refractivity contribution in [2.24, 2.45) is 0 Å². The number of methoxy groups -OCH3 is 1. The summed E-state index contributed by atoms with van der Waals surface area (Å²) >= 11 is 0. The van der Waals surface area contributed by atoms with Crippen LogP contribution in [-0.4, -0.2) is 37.8 Å². The largest absolute Gasteiger partial charge is 0.497 e. The molecule has 31 heavy (non-hydrogen) atoms. The second kappa shape index (κ2) is 9.76. The van der Waals surface area contributed by atoms with Crippen LogP contribution in [-0.2, 0) is 21.4 Å². The predicted molar refractivity (Wildman–Crippen MR) is 118 cm³/mol. The number of rotatable bonds is 9. The minimum Gasteiger partial charge on any atom is -0.497 e. The Bertz CT molecular complexity index is 1140. The van der Waals surface area contributed by atoms with Crippen LogP contribution in [0.5, 0.6) is 5.75 Å². The van der Waals surface area contributed by atoms with Gasteiger partial charge in [0.2, 0.25) is 15.9 Å². The number of carbonyl (C=O) groups excluding carboxylic acids is 1. The van der Waals surface area contributed by atoms with Crippen molar-refractivity contribution >= 4 is 15.9 Å². The molecule has 0 fully saturated rings. The maximum absolute atomic E-state index is 12.3. The first-order chi connectivity index (χ1) is 14.8. The molecule has 164 valence electrons. The van der Waals surface area contributed by atoms with Crippen LogP contribution in [0.15, 0.2) is 59.5 Å². The Hall–Kier alpha value is -3.17. The molecule has 0 unspecified atom stereocenters. The number of benzene rings is 2. The fraction of sp³-hybridized carbons (Fsp3) is 0.273. The molecule has 0 aliphatic carbocycles. The Balaban J connectivity index is 1.53. The SMILES string of the molecule is COc1ccc(S(=O)(=O)NCCC(=O)NCc2c(C)nn(-c3ccccc3)c2C)cc1. The summed E-state index contributed by atoms with van der Waals surface area (Å²) in [4.78, 5) is 12.4. The third-order valence-electron chi connectivity index (χ3n) is 4.92. The van der Waals surface area contributed by atoms with Gasteiger partial charge >= 0.3 is 0 Å². The zero-order chi connectivity index (χ0) is 22.4. The minimum absolute atomic E-state index is 0.00143. The molecule has 3 aromatic rings. The molecule has 0 saturated carbocycles. The highest BCUT2D eigenvalue weighted by Gasteiger charge is 2.16. The van der Waals surface area contributed by atoms with Crippen LogP contribution in [0.3, 0.4) is 0 Å². The van der Waals surface area contributed by atoms with Crippen LogP contribution < -0.4 is 14.8 Å². The van der Waals surface area contributed by atoms with Crippen molar-refractivity contribution in [3.63, 3.8) is 0 Å². The maximum Gasteiger partial charge on any atom is 0.240 e. The minimum atomic E-state index is -3.69. The Morgan fingerprint density at radius 3 is 2.39 bits per heavy atom. The lowest BCUT2D eigenvalue weighted by Crippen LogP contribution is -2.30. The molecule has 0 aliphatic heterocycles. The number of para-hydroxylation sites is 1. The number of aryl methyl sites for hydroxylation is 1. The van der Waals surface area contributed by atoms with Gasteiger partial charge in [-0.2, -0.15) is 5.10 Å². The van der Waals surface area contributed by atoms with E-state index in [1.807, 2.05) is 48.9 Å². The van der Waals surface area contributed by atoms with Crippen molar-refractivity contribution < 1.29 is 17.9 Å². The summed E-state index contributed by atoms with van der Waals surface area (Å²) < 4.78 is 34.0. The summed E-state index contributed by atoms with van der Waals surface area (Å²) in [5, 5.41) is 7.41. The molecule has 0 saturated heterocycles. The van der Waals surface area contributed by atoms with Gasteiger partial charge in [-0.1, -0.05) is 18.2 Å². The first kappa shape index (κ1) is 22.5. The highest BCUT2D eigenvalue weighted by Crippen LogP contribution is 2.18. The van der Waals surface area contributed by atoms with Crippen LogP contribution in [0.2, 0.25) is 0 Å². The Kier molecular flexibility index (Phi) is 7.09. The maximum atomic E-state index is 12.3. The number of sulfonamides is 1. The number of nitrogens with zero attached hydrogens (tertiary/aromatic N) is 2. The van der Waals surface area contributed by atoms with Gasteiger partial charge in [-0.05, 0) is 50.2 Å². The normalized spacial score (nSPS) is 11.3. The molecular weight excluding hydrogens is 416 g/mol. The smallest absolute Gasteiger partial charge is 0.240 e. The van der Waals surface area contributed by atoms with Gasteiger partial charge in [-0.15, -0.1) is 0 Å². The van der Waals surface area contributed by atoms with Gasteiger partial charge in [0, 0.05) is 30.8 Å². The third kappa shape index (κ3) is 5.50. The fourth-order valence-electron chi connectivity index (χ4n) is 3.16. The van der Waals surface area contributed by atoms with Crippen molar-refractivity contribution in [3.05, 3.63) is 71.5 Å². The summed E-state index contributed by atoms with van der Waals surface area (Å²) in [5.41, 5.74) is 3.68. The van der Waals surface area contributed by atoms with Crippen molar-refractivity contribution in [1.29, 1.82) is 0 Å². The van der Waals surface area contributed by atoms with Crippen LogP contribution in [0, 0.1) is 13.8 Å². The molecule has 0 aliphatic rings. The predicted octanol–water partition coefficient (Wildman–Crippen LogP) is 2.48. The van der Waals surface area contributed by atoms with Crippen molar-refractivity contribution in [2.75, 3.05) is 13.7 Å². The number of amides is 1. The molecule has 0 bridgehead atoms. The van der Waals surface area contributed by atoms with Crippen LogP contribution >= 0.6 is 0 Å². The molecular formula is C22H26N4O4S. The number of carbonyl (C=O) groups is 1. The Morgan fingerprint density at radius 2 is 1.74 bits per heavy atom. The topological polar surface area (TPSA) is 102 Å². The van der Waals surface area contributed by atoms with Gasteiger partial charge in [0.1, 0.15) is 5.75 Å². The molecule has 9 heteroatoms. The van der Waals surface area contributed by atoms with E-state index < -0.39 is 10.0 Å². The third-order valence-corrected chi connectivity index (χ3v) is 6.40. The molecule has 1 heterocycles. The molecule has 0 spiro atoms. The molecule has 3 rings (SSSR count). The summed E-state index contributed by atoms with van der Waals surface area (Å²) in [7, 11) is -2.18. The second-order valence-electron chi connectivity index (χ2n) is 7.00. The lowest BCUT2D eigenvalue weighted by Gasteiger charge is -2.09. The average Bonchev–Trinajstić information content (AvgIpc) is 3.06. The zero-order valence-corrected chi connectivity index (χ0v) is 18.6. The van der Waals surface area contributed by atoms with Gasteiger partial charge < -0.3 is 10.1 Å². The van der Waals surface area contributed by atoms with E-state index in [1.54, 1.807) is 12.1 Å². The fourth-order valence-corrected chi connectivity index (χ4v) is 4.20. The van der Waals surface area contributed by atoms with Crippen molar-refractivity contribution in [3.8, 4) is 11.4 Å². The van der Waals surface area contributed by atoms with Gasteiger partial charge in [-0.3, -0.25) is 4.79 Å². The summed E-state index contributed by atoms with van der Waals surface area (Å²) in [6.45, 7) is 4.18. The lowest BCUT2D eigenvalue weighted by atomic mass is 10.2. The molecule has 2 N–H and O–H groups in total. The average molecular weight is 443 g/mol. The molecule has 0 atom stereocenters. The first-order valence-corrected chi connectivity index (χ1v) is 11.3. The number of hydrogen-bond acceptors (Lipinski definition) is 5. The highest BCUT2D eigenvalue weighted by molar-refractivity contribution is 7.89. The molecule has 0 radical (unpaired) electrons. The van der Waals surface area contributed by atoms with E-state index in [4.69, 9.17) is 4.74 Å². The lowest BCUT2D eigenvalue weighted by molar-refractivity contribution is -0.121. The van der Waals surface area contributed by atoms with E-state index in [-0.39, 0.29) is 23.8 Å². The van der Waals surface area contributed by atoms with E-state index >= 15 is 0 Å². The van der Waals surface area contributed by atoms with Crippen LogP contribution in [0.25, 0.3) is 5.69 Å². The van der Waals surface area contributed by atoms with E-state index in [0.29, 0.717) is 12.3 Å². The molecule has 8 nitrogen and oxygen atoms in total. The van der Waals surface area contributed by atoms with Crippen molar-refractivity contribution in [1.82, 2.24) is 19.8 Å². The van der Waals surface area contributed by atoms with Gasteiger partial charge in [0.25, 0.3) is 0 Å². The zero-order valence-electron chi connectivity index (χ0n) is 17.8. The van der Waals surface area contributed by atoms with E-state index in [1.165, 1.54) is 19.2 Å². The van der Waals surface area contributed by atoms with E-state index in [2.05, 4.69) is 15.1 Å². The Labute approximate surface area is 182 Å². The highest BCUT2D eigenvalue weighted by atomic mass is 32.2. The standard InChI is InChI=1S/C22H26N4O4S/c1-16-21(17(2)26(25-16)18-7-5-4-6-8-18)15-23-22(27)13-14-24-31(28,29)20-11-9-19(30-3)10-12-20/h4-12,24H,13-15H2,1-3H3,(H,23,27).